The van der Waals surface area contributed by atoms with Gasteiger partial charge in [-0.1, -0.05) is 18.2 Å². The zero-order valence-corrected chi connectivity index (χ0v) is 14.3. The van der Waals surface area contributed by atoms with Crippen molar-refractivity contribution in [2.24, 2.45) is 5.92 Å². The van der Waals surface area contributed by atoms with Gasteiger partial charge < -0.3 is 9.64 Å². The molecule has 2 fully saturated rings. The number of aromatic nitrogens is 2. The molecule has 0 saturated carbocycles. The number of urea groups is 1. The number of nitrogens with one attached hydrogen (secondary N) is 1. The first kappa shape index (κ1) is 16.1. The van der Waals surface area contributed by atoms with Crippen LogP contribution < -0.4 is 5.32 Å². The highest BCUT2D eigenvalue weighted by Crippen LogP contribution is 2.29. The highest BCUT2D eigenvalue weighted by atomic mass is 16.5. The lowest BCUT2D eigenvalue weighted by atomic mass is 9.90. The predicted octanol–water partition coefficient (Wildman–Crippen LogP) is 3.30. The molecule has 4 rings (SSSR count). The number of benzene rings is 1. The second kappa shape index (κ2) is 7.27. The van der Waals surface area contributed by atoms with Gasteiger partial charge in [-0.2, -0.15) is 0 Å². The number of carbonyl (C=O) groups excluding carboxylic acids is 1. The Kier molecular flexibility index (Phi) is 4.70. The van der Waals surface area contributed by atoms with Crippen LogP contribution in [0.5, 0.6) is 0 Å². The zero-order chi connectivity index (χ0) is 17.1. The van der Waals surface area contributed by atoms with E-state index >= 15 is 0 Å². The fraction of sp³-hybridized carbons (Fsp3) is 0.474. The zero-order valence-electron chi connectivity index (χ0n) is 14.3. The minimum Gasteiger partial charge on any atom is -0.378 e. The molecule has 2 aromatic rings. The van der Waals surface area contributed by atoms with E-state index in [-0.39, 0.29) is 6.03 Å². The molecule has 2 amide bonds. The summed E-state index contributed by atoms with van der Waals surface area (Å²) >= 11 is 0. The third kappa shape index (κ3) is 3.69. The Morgan fingerprint density at radius 1 is 1.12 bits per heavy atom. The van der Waals surface area contributed by atoms with E-state index < -0.39 is 0 Å². The quantitative estimate of drug-likeness (QED) is 0.933. The van der Waals surface area contributed by atoms with Crippen LogP contribution in [0.2, 0.25) is 0 Å². The van der Waals surface area contributed by atoms with Crippen molar-refractivity contribution < 1.29 is 9.53 Å². The van der Waals surface area contributed by atoms with Crippen molar-refractivity contribution in [3.05, 3.63) is 42.6 Å². The second-order valence-corrected chi connectivity index (χ2v) is 6.79. The molecule has 1 aromatic heterocycles. The number of ether oxygens (including phenoxy) is 1. The lowest BCUT2D eigenvalue weighted by Crippen LogP contribution is -2.43. The average Bonchev–Trinajstić information content (AvgIpc) is 3.35. The molecule has 1 unspecified atom stereocenters. The van der Waals surface area contributed by atoms with E-state index in [9.17, 15) is 4.79 Å². The SMILES string of the molecule is O=C(Nc1ccn(-c2ccccc2)n1)N1CCC(C2CCCO2)CC1. The standard InChI is InChI=1S/C19H24N4O2/c24-19(22-11-8-15(9-12-22)17-7-4-14-25-17)20-18-10-13-23(21-18)16-5-2-1-3-6-16/h1-3,5-6,10,13,15,17H,4,7-9,11-12,14H2,(H,20,21,24). The van der Waals surface area contributed by atoms with E-state index in [1.165, 1.54) is 12.8 Å². The Morgan fingerprint density at radius 2 is 1.92 bits per heavy atom. The topological polar surface area (TPSA) is 59.4 Å². The van der Waals surface area contributed by atoms with Crippen molar-refractivity contribution in [1.82, 2.24) is 14.7 Å². The van der Waals surface area contributed by atoms with Crippen molar-refractivity contribution >= 4 is 11.8 Å². The fourth-order valence-corrected chi connectivity index (χ4v) is 3.75. The van der Waals surface area contributed by atoms with Gasteiger partial charge >= 0.3 is 6.03 Å². The van der Waals surface area contributed by atoms with Gasteiger partial charge in [0.15, 0.2) is 5.82 Å². The minimum atomic E-state index is -0.0656. The molecule has 1 atom stereocenters. The molecular formula is C19H24N4O2. The average molecular weight is 340 g/mol. The molecule has 2 aliphatic rings. The van der Waals surface area contributed by atoms with Gasteiger partial charge in [-0.15, -0.1) is 5.10 Å². The first-order valence-electron chi connectivity index (χ1n) is 9.08. The number of likely N-dealkylation sites (tertiary alicyclic amines) is 1. The molecule has 2 saturated heterocycles. The van der Waals surface area contributed by atoms with Crippen LogP contribution in [0.4, 0.5) is 10.6 Å². The monoisotopic (exact) mass is 340 g/mol. The van der Waals surface area contributed by atoms with Crippen LogP contribution in [0.25, 0.3) is 5.69 Å². The summed E-state index contributed by atoms with van der Waals surface area (Å²) in [6, 6.07) is 11.6. The Balaban J connectivity index is 1.31. The molecular weight excluding hydrogens is 316 g/mol. The van der Waals surface area contributed by atoms with E-state index in [0.717, 1.165) is 38.2 Å². The van der Waals surface area contributed by atoms with E-state index in [0.29, 0.717) is 17.8 Å². The van der Waals surface area contributed by atoms with Gasteiger partial charge in [-0.25, -0.2) is 9.48 Å². The van der Waals surface area contributed by atoms with Crippen LogP contribution in [0, 0.1) is 5.92 Å². The summed E-state index contributed by atoms with van der Waals surface area (Å²) < 4.78 is 7.56. The van der Waals surface area contributed by atoms with Crippen molar-refractivity contribution in [3.8, 4) is 5.69 Å². The van der Waals surface area contributed by atoms with Gasteiger partial charge in [0.2, 0.25) is 0 Å². The smallest absolute Gasteiger partial charge is 0.323 e. The van der Waals surface area contributed by atoms with Crippen molar-refractivity contribution in [2.45, 2.75) is 31.8 Å². The van der Waals surface area contributed by atoms with E-state index in [1.807, 2.05) is 47.5 Å². The van der Waals surface area contributed by atoms with E-state index in [2.05, 4.69) is 10.4 Å². The first-order chi connectivity index (χ1) is 12.3. The van der Waals surface area contributed by atoms with Crippen molar-refractivity contribution in [2.75, 3.05) is 25.0 Å². The van der Waals surface area contributed by atoms with Gasteiger partial charge in [0, 0.05) is 32.0 Å². The van der Waals surface area contributed by atoms with Crippen LogP contribution in [-0.2, 0) is 4.74 Å². The molecule has 2 aliphatic heterocycles. The molecule has 3 heterocycles. The van der Waals surface area contributed by atoms with Gasteiger partial charge in [-0.05, 0) is 43.7 Å². The number of anilines is 1. The van der Waals surface area contributed by atoms with E-state index in [1.54, 1.807) is 4.68 Å². The number of amides is 2. The molecule has 1 aromatic carbocycles. The molecule has 6 heteroatoms. The number of rotatable bonds is 3. The Bertz CT molecular complexity index is 701. The molecule has 0 radical (unpaired) electrons. The predicted molar refractivity (Wildman–Crippen MR) is 95.9 cm³/mol. The highest BCUT2D eigenvalue weighted by molar-refractivity contribution is 5.88. The summed E-state index contributed by atoms with van der Waals surface area (Å²) in [5, 5.41) is 7.34. The summed E-state index contributed by atoms with van der Waals surface area (Å²) in [4.78, 5) is 14.4. The van der Waals surface area contributed by atoms with Crippen LogP contribution in [0.3, 0.4) is 0 Å². The maximum absolute atomic E-state index is 12.5. The molecule has 25 heavy (non-hydrogen) atoms. The first-order valence-corrected chi connectivity index (χ1v) is 9.08. The number of nitrogens with zero attached hydrogens (tertiary/aromatic N) is 3. The number of hydrogen-bond donors (Lipinski definition) is 1. The Morgan fingerprint density at radius 3 is 2.64 bits per heavy atom. The summed E-state index contributed by atoms with van der Waals surface area (Å²) in [7, 11) is 0. The third-order valence-electron chi connectivity index (χ3n) is 5.16. The van der Waals surface area contributed by atoms with E-state index in [4.69, 9.17) is 4.74 Å². The largest absolute Gasteiger partial charge is 0.378 e. The molecule has 0 aliphatic carbocycles. The summed E-state index contributed by atoms with van der Waals surface area (Å²) in [5.41, 5.74) is 0.973. The number of hydrogen-bond acceptors (Lipinski definition) is 3. The second-order valence-electron chi connectivity index (χ2n) is 6.79. The fourth-order valence-electron chi connectivity index (χ4n) is 3.75. The summed E-state index contributed by atoms with van der Waals surface area (Å²) in [5.74, 6) is 1.18. The molecule has 132 valence electrons. The maximum Gasteiger partial charge on any atom is 0.323 e. The van der Waals surface area contributed by atoms with Crippen LogP contribution in [0.15, 0.2) is 42.6 Å². The van der Waals surface area contributed by atoms with Crippen LogP contribution in [0.1, 0.15) is 25.7 Å². The lowest BCUT2D eigenvalue weighted by molar-refractivity contribution is 0.0382. The molecule has 0 spiro atoms. The summed E-state index contributed by atoms with van der Waals surface area (Å²) in [6.07, 6.45) is 6.66. The Hall–Kier alpha value is -2.34. The van der Waals surface area contributed by atoms with Gasteiger partial charge in [0.1, 0.15) is 0 Å². The van der Waals surface area contributed by atoms with Crippen molar-refractivity contribution in [3.63, 3.8) is 0 Å². The summed E-state index contributed by atoms with van der Waals surface area (Å²) in [6.45, 7) is 2.47. The van der Waals surface area contributed by atoms with Gasteiger partial charge in [0.05, 0.1) is 11.8 Å². The normalized spacial score (nSPS) is 21.4. The van der Waals surface area contributed by atoms with Crippen molar-refractivity contribution in [1.29, 1.82) is 0 Å². The highest BCUT2D eigenvalue weighted by Gasteiger charge is 2.31. The molecule has 0 bridgehead atoms. The van der Waals surface area contributed by atoms with Gasteiger partial charge in [-0.3, -0.25) is 5.32 Å². The minimum absolute atomic E-state index is 0.0656. The van der Waals surface area contributed by atoms with Crippen LogP contribution >= 0.6 is 0 Å². The lowest BCUT2D eigenvalue weighted by Gasteiger charge is -2.34. The molecule has 1 N–H and O–H groups in total. The van der Waals surface area contributed by atoms with Crippen LogP contribution in [-0.4, -0.2) is 46.5 Å². The number of carbonyl (C=O) groups is 1. The maximum atomic E-state index is 12.5. The van der Waals surface area contributed by atoms with Gasteiger partial charge in [0.25, 0.3) is 0 Å². The number of para-hydroxylation sites is 1. The third-order valence-corrected chi connectivity index (χ3v) is 5.16. The Labute approximate surface area is 147 Å². The molecule has 6 nitrogen and oxygen atoms in total. The number of piperidine rings is 1.